The van der Waals surface area contributed by atoms with Gasteiger partial charge in [0.25, 0.3) is 0 Å². The second kappa shape index (κ2) is 4.39. The largest absolute Gasteiger partial charge is 0.344 e. The van der Waals surface area contributed by atoms with Crippen LogP contribution in [0.4, 0.5) is 0 Å². The number of carbonyl (C=O) groups is 2. The number of nitrogens with one attached hydrogen (secondary N) is 2. The zero-order chi connectivity index (χ0) is 10.6. The zero-order valence-corrected chi connectivity index (χ0v) is 7.92. The minimum Gasteiger partial charge on any atom is -0.344 e. The summed E-state index contributed by atoms with van der Waals surface area (Å²) < 4.78 is 0. The third kappa shape index (κ3) is 3.56. The molecule has 0 saturated carbocycles. The molecule has 0 bridgehead atoms. The van der Waals surface area contributed by atoms with Crippen LogP contribution in [0.1, 0.15) is 20.8 Å². The molecule has 6 heteroatoms. The van der Waals surface area contributed by atoms with Gasteiger partial charge in [-0.25, -0.2) is 0 Å². The van der Waals surface area contributed by atoms with Crippen LogP contribution in [0, 0.1) is 0 Å². The first kappa shape index (κ1) is 12.1. The highest BCUT2D eigenvalue weighted by Gasteiger charge is 2.26. The number of hydroxylamine groups is 1. The summed E-state index contributed by atoms with van der Waals surface area (Å²) in [5.74, 6) is -0.494. The molecule has 0 aliphatic carbocycles. The smallest absolute Gasteiger partial charge is 0.239 e. The van der Waals surface area contributed by atoms with E-state index in [0.29, 0.717) is 0 Å². The average molecular weight is 184 g/mol. The van der Waals surface area contributed by atoms with E-state index in [-0.39, 0.29) is 0 Å². The molecule has 1 amide bonds. The number of carbonyl (C=O) groups excluding carboxylic acids is 2. The quantitative estimate of drug-likeness (QED) is 0.384. The summed E-state index contributed by atoms with van der Waals surface area (Å²) in [6.07, 6.45) is 0. The molecule has 0 aromatic heterocycles. The molecule has 0 aromatic rings. The maximum absolute atomic E-state index is 11.2. The van der Waals surface area contributed by atoms with Crippen LogP contribution in [0.25, 0.3) is 0 Å². The molecule has 0 aliphatic rings. The van der Waals surface area contributed by atoms with Crippen LogP contribution in [0.3, 0.4) is 0 Å². The van der Waals surface area contributed by atoms with E-state index in [1.165, 1.54) is 20.8 Å². The van der Waals surface area contributed by atoms with E-state index in [2.05, 4.69) is 5.32 Å². The van der Waals surface area contributed by atoms with Crippen molar-refractivity contribution >= 4 is 19.4 Å². The summed E-state index contributed by atoms with van der Waals surface area (Å²) >= 11 is 0. The van der Waals surface area contributed by atoms with E-state index < -0.39 is 23.2 Å². The minimum absolute atomic E-state index is 0.494. The predicted octanol–water partition coefficient (Wildman–Crippen LogP) is -1.06. The normalized spacial score (nSPS) is 13.5. The Balaban J connectivity index is 4.28. The number of amides is 1. The molecule has 13 heavy (non-hydrogen) atoms. The van der Waals surface area contributed by atoms with Crippen LogP contribution in [0.15, 0.2) is 0 Å². The number of hydrogen-bond acceptors (Lipinski definition) is 4. The van der Waals surface area contributed by atoms with Gasteiger partial charge in [0.15, 0.2) is 7.85 Å². The molecule has 5 nitrogen and oxygen atoms in total. The van der Waals surface area contributed by atoms with E-state index >= 15 is 0 Å². The van der Waals surface area contributed by atoms with Crippen molar-refractivity contribution in [2.24, 2.45) is 0 Å². The lowest BCUT2D eigenvalue weighted by Crippen LogP contribution is -2.54. The fourth-order valence-corrected chi connectivity index (χ4v) is 0.536. The van der Waals surface area contributed by atoms with Gasteiger partial charge < -0.3 is 15.3 Å². The SMILES string of the molecule is [B]C(=O)C(C)(C)NC(=O)C(C)NO. The summed E-state index contributed by atoms with van der Waals surface area (Å²) in [4.78, 5) is 21.9. The molecular formula is C7H13BN2O3. The second-order valence-electron chi connectivity index (χ2n) is 3.33. The summed E-state index contributed by atoms with van der Waals surface area (Å²) in [6, 6.07) is -0.779. The van der Waals surface area contributed by atoms with Crippen molar-refractivity contribution < 1.29 is 14.8 Å². The lowest BCUT2D eigenvalue weighted by atomic mass is 9.85. The monoisotopic (exact) mass is 184 g/mol. The standard InChI is InChI=1S/C7H13BN2O3/c1-4(10-13)5(11)9-7(2,3)6(8)12/h4,10,13H,1-3H3,(H,9,11). The average Bonchev–Trinajstić information content (AvgIpc) is 2.01. The van der Waals surface area contributed by atoms with Crippen LogP contribution in [0.5, 0.6) is 0 Å². The maximum atomic E-state index is 11.2. The third-order valence-electron chi connectivity index (χ3n) is 1.64. The molecule has 1 unspecified atom stereocenters. The Morgan fingerprint density at radius 3 is 2.23 bits per heavy atom. The van der Waals surface area contributed by atoms with Crippen molar-refractivity contribution in [1.29, 1.82) is 0 Å². The molecule has 0 rings (SSSR count). The Bertz CT molecular complexity index is 218. The van der Waals surface area contributed by atoms with Crippen LogP contribution < -0.4 is 10.8 Å². The zero-order valence-electron chi connectivity index (χ0n) is 7.92. The highest BCUT2D eigenvalue weighted by atomic mass is 16.5. The molecule has 2 radical (unpaired) electrons. The van der Waals surface area contributed by atoms with Crippen LogP contribution >= 0.6 is 0 Å². The Labute approximate surface area is 78.3 Å². The lowest BCUT2D eigenvalue weighted by Gasteiger charge is -2.25. The molecule has 0 heterocycles. The first-order valence-corrected chi connectivity index (χ1v) is 3.83. The van der Waals surface area contributed by atoms with Crippen molar-refractivity contribution in [2.45, 2.75) is 32.4 Å². The maximum Gasteiger partial charge on any atom is 0.239 e. The Morgan fingerprint density at radius 2 is 1.92 bits per heavy atom. The van der Waals surface area contributed by atoms with Gasteiger partial charge >= 0.3 is 0 Å². The predicted molar refractivity (Wildman–Crippen MR) is 47.4 cm³/mol. The summed E-state index contributed by atoms with van der Waals surface area (Å²) in [5, 5.41) is 10.8. The van der Waals surface area contributed by atoms with Gasteiger partial charge in [0.1, 0.15) is 6.04 Å². The second-order valence-corrected chi connectivity index (χ2v) is 3.33. The van der Waals surface area contributed by atoms with E-state index in [9.17, 15) is 9.59 Å². The molecule has 72 valence electrons. The van der Waals surface area contributed by atoms with Gasteiger partial charge in [0.2, 0.25) is 5.91 Å². The molecule has 0 fully saturated rings. The van der Waals surface area contributed by atoms with E-state index in [1.807, 2.05) is 0 Å². The molecular weight excluding hydrogens is 171 g/mol. The highest BCUT2D eigenvalue weighted by Crippen LogP contribution is 2.01. The minimum atomic E-state index is -1.11. The van der Waals surface area contributed by atoms with E-state index in [4.69, 9.17) is 13.1 Å². The van der Waals surface area contributed by atoms with Gasteiger partial charge in [0, 0.05) is 0 Å². The summed E-state index contributed by atoms with van der Waals surface area (Å²) in [5.41, 5.74) is 0.0198. The molecule has 3 N–H and O–H groups in total. The van der Waals surface area contributed by atoms with Crippen LogP contribution in [-0.2, 0) is 9.59 Å². The van der Waals surface area contributed by atoms with Crippen molar-refractivity contribution in [3.63, 3.8) is 0 Å². The lowest BCUT2D eigenvalue weighted by molar-refractivity contribution is -0.130. The number of hydrogen-bond donors (Lipinski definition) is 3. The Hall–Kier alpha value is -0.875. The summed E-state index contributed by atoms with van der Waals surface area (Å²) in [6.45, 7) is 4.42. The molecule has 0 saturated heterocycles. The highest BCUT2D eigenvalue weighted by molar-refractivity contribution is 6.60. The van der Waals surface area contributed by atoms with Crippen molar-refractivity contribution in [3.8, 4) is 0 Å². The van der Waals surface area contributed by atoms with E-state index in [0.717, 1.165) is 0 Å². The van der Waals surface area contributed by atoms with Gasteiger partial charge in [-0.1, -0.05) is 0 Å². The van der Waals surface area contributed by atoms with Crippen LogP contribution in [0.2, 0.25) is 0 Å². The Morgan fingerprint density at radius 1 is 1.46 bits per heavy atom. The van der Waals surface area contributed by atoms with Crippen molar-refractivity contribution in [3.05, 3.63) is 0 Å². The van der Waals surface area contributed by atoms with Gasteiger partial charge in [-0.15, -0.1) is 0 Å². The molecule has 0 aromatic carbocycles. The van der Waals surface area contributed by atoms with Crippen molar-refractivity contribution in [2.75, 3.05) is 0 Å². The van der Waals surface area contributed by atoms with Gasteiger partial charge in [-0.05, 0) is 20.8 Å². The summed E-state index contributed by atoms with van der Waals surface area (Å²) in [7, 11) is 5.02. The van der Waals surface area contributed by atoms with Crippen LogP contribution in [-0.4, -0.2) is 36.2 Å². The fourth-order valence-electron chi connectivity index (χ4n) is 0.536. The van der Waals surface area contributed by atoms with Gasteiger partial charge in [-0.3, -0.25) is 4.79 Å². The molecule has 1 atom stereocenters. The fraction of sp³-hybridized carbons (Fsp3) is 0.714. The molecule has 0 spiro atoms. The topological polar surface area (TPSA) is 78.4 Å². The van der Waals surface area contributed by atoms with Crippen molar-refractivity contribution in [1.82, 2.24) is 10.8 Å². The Kier molecular flexibility index (Phi) is 4.09. The van der Waals surface area contributed by atoms with Gasteiger partial charge in [-0.2, -0.15) is 5.48 Å². The van der Waals surface area contributed by atoms with E-state index in [1.54, 1.807) is 5.48 Å². The van der Waals surface area contributed by atoms with Gasteiger partial charge in [0.05, 0.1) is 11.2 Å². The number of rotatable bonds is 4. The third-order valence-corrected chi connectivity index (χ3v) is 1.64. The first-order chi connectivity index (χ1) is 5.81. The molecule has 0 aliphatic heterocycles. The first-order valence-electron chi connectivity index (χ1n) is 3.83.